The van der Waals surface area contributed by atoms with Gasteiger partial charge in [-0.2, -0.15) is 0 Å². The molecule has 2 saturated heterocycles. The molecular weight excluding hydrogens is 324 g/mol. The van der Waals surface area contributed by atoms with Crippen LogP contribution in [0.25, 0.3) is 0 Å². The SMILES string of the molecule is COc1ccc(NC(=O)C2CSC3(C)CCC(=O)N23)cc1Cl. The van der Waals surface area contributed by atoms with Gasteiger partial charge in [-0.1, -0.05) is 11.6 Å². The van der Waals surface area contributed by atoms with Gasteiger partial charge in [-0.05, 0) is 31.5 Å². The summed E-state index contributed by atoms with van der Waals surface area (Å²) in [6.07, 6.45) is 1.32. The average Bonchev–Trinajstić information content (AvgIpc) is 2.96. The minimum Gasteiger partial charge on any atom is -0.495 e. The molecule has 2 heterocycles. The predicted molar refractivity (Wildman–Crippen MR) is 87.4 cm³/mol. The van der Waals surface area contributed by atoms with Crippen molar-refractivity contribution >= 4 is 40.9 Å². The molecule has 0 aliphatic carbocycles. The fourth-order valence-corrected chi connectivity index (χ4v) is 4.67. The summed E-state index contributed by atoms with van der Waals surface area (Å²) in [7, 11) is 1.54. The Balaban J connectivity index is 1.75. The van der Waals surface area contributed by atoms with Gasteiger partial charge >= 0.3 is 0 Å². The van der Waals surface area contributed by atoms with Crippen molar-refractivity contribution in [3.8, 4) is 5.75 Å². The van der Waals surface area contributed by atoms with E-state index in [1.54, 1.807) is 34.9 Å². The summed E-state index contributed by atoms with van der Waals surface area (Å²) in [4.78, 5) is 26.1. The number of nitrogens with zero attached hydrogens (tertiary/aromatic N) is 1. The number of hydrogen-bond donors (Lipinski definition) is 1. The van der Waals surface area contributed by atoms with E-state index in [0.29, 0.717) is 28.6 Å². The van der Waals surface area contributed by atoms with Crippen molar-refractivity contribution in [3.63, 3.8) is 0 Å². The lowest BCUT2D eigenvalue weighted by Gasteiger charge is -2.29. The first-order valence-electron chi connectivity index (χ1n) is 7.05. The fourth-order valence-electron chi connectivity index (χ4n) is 2.98. The second kappa shape index (κ2) is 5.66. The van der Waals surface area contributed by atoms with Crippen molar-refractivity contribution in [3.05, 3.63) is 23.2 Å². The molecule has 22 heavy (non-hydrogen) atoms. The van der Waals surface area contributed by atoms with Crippen molar-refractivity contribution in [1.82, 2.24) is 4.90 Å². The Kier molecular flexibility index (Phi) is 3.99. The third kappa shape index (κ3) is 2.54. The summed E-state index contributed by atoms with van der Waals surface area (Å²) in [5, 5.41) is 3.27. The molecule has 2 amide bonds. The van der Waals surface area contributed by atoms with Gasteiger partial charge in [0.1, 0.15) is 11.8 Å². The van der Waals surface area contributed by atoms with E-state index < -0.39 is 6.04 Å². The van der Waals surface area contributed by atoms with E-state index in [1.165, 1.54) is 7.11 Å². The first kappa shape index (κ1) is 15.5. The van der Waals surface area contributed by atoms with Gasteiger partial charge in [0.05, 0.1) is 17.0 Å². The highest BCUT2D eigenvalue weighted by atomic mass is 35.5. The van der Waals surface area contributed by atoms with Crippen LogP contribution < -0.4 is 10.1 Å². The quantitative estimate of drug-likeness (QED) is 0.919. The summed E-state index contributed by atoms with van der Waals surface area (Å²) in [6, 6.07) is 4.65. The van der Waals surface area contributed by atoms with Gasteiger partial charge in [-0.25, -0.2) is 0 Å². The van der Waals surface area contributed by atoms with Crippen molar-refractivity contribution in [2.24, 2.45) is 0 Å². The normalized spacial score (nSPS) is 27.0. The number of carbonyl (C=O) groups excluding carboxylic acids is 2. The monoisotopic (exact) mass is 340 g/mol. The van der Waals surface area contributed by atoms with Crippen LogP contribution in [0.5, 0.6) is 5.75 Å². The Morgan fingerprint density at radius 2 is 2.32 bits per heavy atom. The molecule has 0 spiro atoms. The van der Waals surface area contributed by atoms with Crippen LogP contribution in [0.15, 0.2) is 18.2 Å². The number of ether oxygens (including phenoxy) is 1. The van der Waals surface area contributed by atoms with Crippen LogP contribution in [0.2, 0.25) is 5.02 Å². The molecule has 3 rings (SSSR count). The highest BCUT2D eigenvalue weighted by Crippen LogP contribution is 2.47. The lowest BCUT2D eigenvalue weighted by Crippen LogP contribution is -2.48. The van der Waals surface area contributed by atoms with Gasteiger partial charge in [0.2, 0.25) is 11.8 Å². The molecule has 1 aromatic rings. The van der Waals surface area contributed by atoms with E-state index in [1.807, 2.05) is 6.92 Å². The predicted octanol–water partition coefficient (Wildman–Crippen LogP) is 2.74. The second-order valence-corrected chi connectivity index (χ2v) is 7.51. The number of methoxy groups -OCH3 is 1. The number of carbonyl (C=O) groups is 2. The maximum absolute atomic E-state index is 12.5. The van der Waals surface area contributed by atoms with Gasteiger partial charge in [-0.15, -0.1) is 11.8 Å². The summed E-state index contributed by atoms with van der Waals surface area (Å²) >= 11 is 7.74. The van der Waals surface area contributed by atoms with Gasteiger partial charge < -0.3 is 15.0 Å². The molecule has 0 radical (unpaired) electrons. The molecule has 7 heteroatoms. The van der Waals surface area contributed by atoms with Crippen LogP contribution in [-0.2, 0) is 9.59 Å². The molecule has 2 aliphatic rings. The van der Waals surface area contributed by atoms with Crippen molar-refractivity contribution in [2.75, 3.05) is 18.2 Å². The minimum absolute atomic E-state index is 0.0559. The molecule has 5 nitrogen and oxygen atoms in total. The fraction of sp³-hybridized carbons (Fsp3) is 0.467. The van der Waals surface area contributed by atoms with Crippen LogP contribution in [0.3, 0.4) is 0 Å². The highest BCUT2D eigenvalue weighted by Gasteiger charge is 2.52. The minimum atomic E-state index is -0.425. The van der Waals surface area contributed by atoms with Crippen LogP contribution in [0, 0.1) is 0 Å². The first-order valence-corrected chi connectivity index (χ1v) is 8.41. The maximum Gasteiger partial charge on any atom is 0.248 e. The number of amides is 2. The highest BCUT2D eigenvalue weighted by molar-refractivity contribution is 8.01. The smallest absolute Gasteiger partial charge is 0.248 e. The van der Waals surface area contributed by atoms with E-state index in [4.69, 9.17) is 16.3 Å². The van der Waals surface area contributed by atoms with E-state index >= 15 is 0 Å². The van der Waals surface area contributed by atoms with Crippen molar-refractivity contribution < 1.29 is 14.3 Å². The Hall–Kier alpha value is -1.40. The van der Waals surface area contributed by atoms with Crippen LogP contribution in [0.1, 0.15) is 19.8 Å². The molecule has 0 saturated carbocycles. The molecular formula is C15H17ClN2O3S. The van der Waals surface area contributed by atoms with Crippen molar-refractivity contribution in [2.45, 2.75) is 30.7 Å². The van der Waals surface area contributed by atoms with Crippen molar-refractivity contribution in [1.29, 1.82) is 0 Å². The first-order chi connectivity index (χ1) is 10.4. The number of hydrogen-bond acceptors (Lipinski definition) is 4. The summed E-state index contributed by atoms with van der Waals surface area (Å²) < 4.78 is 5.09. The Labute approximate surface area is 138 Å². The summed E-state index contributed by atoms with van der Waals surface area (Å²) in [6.45, 7) is 2.03. The van der Waals surface area contributed by atoms with Gasteiger partial charge in [0.25, 0.3) is 0 Å². The van der Waals surface area contributed by atoms with Gasteiger partial charge in [-0.3, -0.25) is 9.59 Å². The second-order valence-electron chi connectivity index (χ2n) is 5.60. The zero-order valence-electron chi connectivity index (χ0n) is 12.4. The van der Waals surface area contributed by atoms with Crippen LogP contribution in [0.4, 0.5) is 5.69 Å². The third-order valence-corrected chi connectivity index (χ3v) is 5.97. The number of rotatable bonds is 3. The van der Waals surface area contributed by atoms with E-state index in [9.17, 15) is 9.59 Å². The largest absolute Gasteiger partial charge is 0.495 e. The van der Waals surface area contributed by atoms with Gasteiger partial charge in [0, 0.05) is 17.9 Å². The molecule has 1 aromatic carbocycles. The lowest BCUT2D eigenvalue weighted by atomic mass is 10.2. The lowest BCUT2D eigenvalue weighted by molar-refractivity contribution is -0.135. The Morgan fingerprint density at radius 1 is 1.55 bits per heavy atom. The van der Waals surface area contributed by atoms with E-state index in [2.05, 4.69) is 5.32 Å². The Morgan fingerprint density at radius 3 is 3.00 bits per heavy atom. The third-order valence-electron chi connectivity index (χ3n) is 4.17. The molecule has 0 aromatic heterocycles. The molecule has 1 N–H and O–H groups in total. The number of anilines is 1. The average molecular weight is 341 g/mol. The number of benzene rings is 1. The number of fused-ring (bicyclic) bond motifs is 1. The maximum atomic E-state index is 12.5. The summed E-state index contributed by atoms with van der Waals surface area (Å²) in [5.74, 6) is 1.06. The zero-order valence-corrected chi connectivity index (χ0v) is 14.0. The van der Waals surface area contributed by atoms with E-state index in [0.717, 1.165) is 6.42 Å². The number of thioether (sulfide) groups is 1. The number of nitrogens with one attached hydrogen (secondary N) is 1. The zero-order chi connectivity index (χ0) is 15.9. The molecule has 118 valence electrons. The molecule has 2 unspecified atom stereocenters. The molecule has 2 atom stereocenters. The van der Waals surface area contributed by atoms with E-state index in [-0.39, 0.29) is 16.7 Å². The number of halogens is 1. The Bertz CT molecular complexity index is 639. The standard InChI is InChI=1S/C15H17ClN2O3S/c1-15-6-5-13(19)18(15)11(8-22-15)14(20)17-9-3-4-12(21-2)10(16)7-9/h3-4,7,11H,5-6,8H2,1-2H3,(H,17,20). The van der Waals surface area contributed by atoms with Crippen LogP contribution in [-0.4, -0.2) is 40.5 Å². The molecule has 2 aliphatic heterocycles. The molecule has 0 bridgehead atoms. The van der Waals surface area contributed by atoms with Crippen LogP contribution >= 0.6 is 23.4 Å². The topological polar surface area (TPSA) is 58.6 Å². The summed E-state index contributed by atoms with van der Waals surface area (Å²) in [5.41, 5.74) is 0.598. The van der Waals surface area contributed by atoms with Gasteiger partial charge in [0.15, 0.2) is 0 Å². The molecule has 2 fully saturated rings.